The summed E-state index contributed by atoms with van der Waals surface area (Å²) in [4.78, 5) is 25.1. The summed E-state index contributed by atoms with van der Waals surface area (Å²) in [5.74, 6) is -0.823. The van der Waals surface area contributed by atoms with E-state index < -0.39 is 5.91 Å². The molecule has 0 bridgehead atoms. The Morgan fingerprint density at radius 3 is 1.97 bits per heavy atom. The normalized spacial score (nSPS) is 11.1. The lowest BCUT2D eigenvalue weighted by atomic mass is 10.2. The molecule has 144 valence electrons. The lowest BCUT2D eigenvalue weighted by Gasteiger charge is -2.12. The van der Waals surface area contributed by atoms with Crippen LogP contribution in [0.2, 0.25) is 0 Å². The third-order valence-corrected chi connectivity index (χ3v) is 3.97. The van der Waals surface area contributed by atoms with Gasteiger partial charge in [0.15, 0.2) is 0 Å². The smallest absolute Gasteiger partial charge is 0.286 e. The van der Waals surface area contributed by atoms with Crippen molar-refractivity contribution in [1.82, 2.24) is 10.7 Å². The van der Waals surface area contributed by atoms with Crippen LogP contribution in [0.1, 0.15) is 15.9 Å². The summed E-state index contributed by atoms with van der Waals surface area (Å²) in [6.07, 6.45) is 5.14. The van der Waals surface area contributed by atoms with Crippen molar-refractivity contribution in [2.45, 2.75) is 0 Å². The van der Waals surface area contributed by atoms with Crippen LogP contribution in [0.3, 0.4) is 0 Å². The van der Waals surface area contributed by atoms with E-state index in [0.29, 0.717) is 5.56 Å². The van der Waals surface area contributed by atoms with E-state index in [1.807, 2.05) is 72.8 Å². The standard InChI is InChI=1S/C24H21N3O2/c28-23(20-14-6-2-7-15-20)25-22(18-10-13-19-11-4-1-5-12-19)24(29)27-26-21-16-8-3-9-17-21/h1-18,26H,(H,25,28)(H,27,29)/b13-10+,22-18-. The minimum absolute atomic E-state index is 0.120. The Kier molecular flexibility index (Phi) is 6.96. The monoisotopic (exact) mass is 383 g/mol. The summed E-state index contributed by atoms with van der Waals surface area (Å²) in [6, 6.07) is 27.7. The molecule has 3 rings (SSSR count). The molecule has 0 radical (unpaired) electrons. The van der Waals surface area contributed by atoms with E-state index in [0.717, 1.165) is 11.3 Å². The van der Waals surface area contributed by atoms with Gasteiger partial charge in [-0.3, -0.25) is 20.4 Å². The summed E-state index contributed by atoms with van der Waals surface area (Å²) >= 11 is 0. The first-order chi connectivity index (χ1) is 14.2. The van der Waals surface area contributed by atoms with Gasteiger partial charge in [-0.15, -0.1) is 0 Å². The predicted octanol–water partition coefficient (Wildman–Crippen LogP) is 4.16. The van der Waals surface area contributed by atoms with Gasteiger partial charge in [0.05, 0.1) is 5.69 Å². The Hall–Kier alpha value is -4.12. The molecule has 0 atom stereocenters. The minimum Gasteiger partial charge on any atom is -0.317 e. The number of allylic oxidation sites excluding steroid dienone is 2. The van der Waals surface area contributed by atoms with Gasteiger partial charge >= 0.3 is 0 Å². The number of hydrogen-bond acceptors (Lipinski definition) is 3. The van der Waals surface area contributed by atoms with Crippen LogP contribution < -0.4 is 16.2 Å². The van der Waals surface area contributed by atoms with Crippen molar-refractivity contribution in [3.8, 4) is 0 Å². The molecule has 0 aromatic heterocycles. The van der Waals surface area contributed by atoms with Crippen molar-refractivity contribution in [2.75, 3.05) is 5.43 Å². The van der Waals surface area contributed by atoms with E-state index >= 15 is 0 Å². The first-order valence-electron chi connectivity index (χ1n) is 9.13. The van der Waals surface area contributed by atoms with E-state index in [-0.39, 0.29) is 11.6 Å². The molecule has 0 aliphatic heterocycles. The zero-order valence-corrected chi connectivity index (χ0v) is 15.7. The molecule has 0 heterocycles. The second-order valence-electron chi connectivity index (χ2n) is 6.12. The van der Waals surface area contributed by atoms with E-state index in [4.69, 9.17) is 0 Å². The van der Waals surface area contributed by atoms with Crippen LogP contribution in [-0.2, 0) is 4.79 Å². The second-order valence-corrected chi connectivity index (χ2v) is 6.12. The Morgan fingerprint density at radius 1 is 0.724 bits per heavy atom. The molecule has 0 unspecified atom stereocenters. The maximum Gasteiger partial charge on any atom is 0.286 e. The molecule has 3 aromatic rings. The largest absolute Gasteiger partial charge is 0.317 e. The summed E-state index contributed by atoms with van der Waals surface area (Å²) in [6.45, 7) is 0. The number of benzene rings is 3. The number of carbonyl (C=O) groups excluding carboxylic acids is 2. The molecule has 0 aliphatic rings. The molecule has 5 heteroatoms. The van der Waals surface area contributed by atoms with Crippen LogP contribution >= 0.6 is 0 Å². The number of rotatable bonds is 7. The average Bonchev–Trinajstić information content (AvgIpc) is 2.78. The van der Waals surface area contributed by atoms with Crippen molar-refractivity contribution in [1.29, 1.82) is 0 Å². The lowest BCUT2D eigenvalue weighted by molar-refractivity contribution is -0.117. The lowest BCUT2D eigenvalue weighted by Crippen LogP contribution is -2.37. The highest BCUT2D eigenvalue weighted by Gasteiger charge is 2.13. The second kappa shape index (κ2) is 10.3. The predicted molar refractivity (Wildman–Crippen MR) is 116 cm³/mol. The molecule has 29 heavy (non-hydrogen) atoms. The van der Waals surface area contributed by atoms with Crippen molar-refractivity contribution >= 4 is 23.6 Å². The van der Waals surface area contributed by atoms with E-state index in [9.17, 15) is 9.59 Å². The van der Waals surface area contributed by atoms with Crippen LogP contribution in [-0.4, -0.2) is 11.8 Å². The maximum absolute atomic E-state index is 12.6. The van der Waals surface area contributed by atoms with Crippen LogP contribution in [0.25, 0.3) is 6.08 Å². The number of amides is 2. The molecule has 5 nitrogen and oxygen atoms in total. The van der Waals surface area contributed by atoms with Crippen molar-refractivity contribution in [3.05, 3.63) is 120 Å². The molecule has 0 aliphatic carbocycles. The number of para-hydroxylation sites is 1. The summed E-state index contributed by atoms with van der Waals surface area (Å²) < 4.78 is 0. The van der Waals surface area contributed by atoms with Crippen molar-refractivity contribution < 1.29 is 9.59 Å². The highest BCUT2D eigenvalue weighted by molar-refractivity contribution is 6.03. The molecule has 0 fully saturated rings. The molecule has 3 aromatic carbocycles. The highest BCUT2D eigenvalue weighted by Crippen LogP contribution is 2.06. The first kappa shape index (κ1) is 19.6. The number of hydrazine groups is 1. The SMILES string of the molecule is O=C(NNc1ccccc1)/C(=C/C=C/c1ccccc1)NC(=O)c1ccccc1. The number of hydrogen-bond donors (Lipinski definition) is 3. The van der Waals surface area contributed by atoms with Crippen LogP contribution in [0, 0.1) is 0 Å². The van der Waals surface area contributed by atoms with E-state index in [1.54, 1.807) is 36.4 Å². The Morgan fingerprint density at radius 2 is 1.31 bits per heavy atom. The Balaban J connectivity index is 1.74. The molecule has 3 N–H and O–H groups in total. The molecule has 2 amide bonds. The highest BCUT2D eigenvalue weighted by atomic mass is 16.2. The van der Waals surface area contributed by atoms with Gasteiger partial charge in [0.2, 0.25) is 0 Å². The van der Waals surface area contributed by atoms with Gasteiger partial charge in [0.25, 0.3) is 11.8 Å². The molecule has 0 saturated carbocycles. The third kappa shape index (κ3) is 6.22. The molecule has 0 saturated heterocycles. The minimum atomic E-state index is -0.462. The van der Waals surface area contributed by atoms with Gasteiger partial charge in [-0.05, 0) is 35.9 Å². The fourth-order valence-corrected chi connectivity index (χ4v) is 2.50. The quantitative estimate of drug-likeness (QED) is 0.326. The Bertz CT molecular complexity index is 998. The van der Waals surface area contributed by atoms with Gasteiger partial charge in [0, 0.05) is 5.56 Å². The van der Waals surface area contributed by atoms with E-state index in [2.05, 4.69) is 16.2 Å². The van der Waals surface area contributed by atoms with Crippen LogP contribution in [0.15, 0.2) is 109 Å². The van der Waals surface area contributed by atoms with Gasteiger partial charge in [-0.25, -0.2) is 0 Å². The number of nitrogens with one attached hydrogen (secondary N) is 3. The average molecular weight is 383 g/mol. The fraction of sp³-hybridized carbons (Fsp3) is 0. The summed E-state index contributed by atoms with van der Waals surface area (Å²) in [5, 5.41) is 2.67. The van der Waals surface area contributed by atoms with Crippen molar-refractivity contribution in [2.24, 2.45) is 0 Å². The fourth-order valence-electron chi connectivity index (χ4n) is 2.50. The molecule has 0 spiro atoms. The van der Waals surface area contributed by atoms with E-state index in [1.165, 1.54) is 0 Å². The zero-order chi connectivity index (χ0) is 20.3. The van der Waals surface area contributed by atoms with Gasteiger partial charge in [-0.1, -0.05) is 78.9 Å². The van der Waals surface area contributed by atoms with Gasteiger partial charge in [0.1, 0.15) is 5.70 Å². The maximum atomic E-state index is 12.6. The van der Waals surface area contributed by atoms with Gasteiger partial charge < -0.3 is 5.32 Å². The Labute approximate surface area is 169 Å². The first-order valence-corrected chi connectivity index (χ1v) is 9.13. The van der Waals surface area contributed by atoms with Gasteiger partial charge in [-0.2, -0.15) is 0 Å². The number of carbonyl (C=O) groups is 2. The zero-order valence-electron chi connectivity index (χ0n) is 15.7. The molecular weight excluding hydrogens is 362 g/mol. The van der Waals surface area contributed by atoms with Crippen molar-refractivity contribution in [3.63, 3.8) is 0 Å². The van der Waals surface area contributed by atoms with Crippen LogP contribution in [0.4, 0.5) is 5.69 Å². The van der Waals surface area contributed by atoms with Crippen LogP contribution in [0.5, 0.6) is 0 Å². The summed E-state index contributed by atoms with van der Waals surface area (Å²) in [7, 11) is 0. The summed E-state index contributed by atoms with van der Waals surface area (Å²) in [5.41, 5.74) is 7.73. The third-order valence-electron chi connectivity index (χ3n) is 3.97. The molecular formula is C24H21N3O2. The number of anilines is 1. The topological polar surface area (TPSA) is 70.2 Å².